The second kappa shape index (κ2) is 6.33. The molecule has 0 aliphatic carbocycles. The number of para-hydroxylation sites is 1. The Balaban J connectivity index is 1.80. The average molecular weight is 418 g/mol. The third-order valence-electron chi connectivity index (χ3n) is 6.67. The van der Waals surface area contributed by atoms with Gasteiger partial charge in [0, 0.05) is 10.8 Å². The third-order valence-corrected chi connectivity index (χ3v) is 6.67. The molecule has 6 aromatic carbocycles. The van der Waals surface area contributed by atoms with E-state index in [1.807, 2.05) is 42.5 Å². The summed E-state index contributed by atoms with van der Waals surface area (Å²) in [5.41, 5.74) is 2.44. The highest BCUT2D eigenvalue weighted by Gasteiger charge is 2.16. The average Bonchev–Trinajstić information content (AvgIpc) is 3.23. The van der Waals surface area contributed by atoms with Crippen LogP contribution in [0.4, 0.5) is 0 Å². The van der Waals surface area contributed by atoms with Crippen LogP contribution in [-0.4, -0.2) is 0 Å². The molecule has 0 radical (unpaired) electrons. The molecule has 150 valence electrons. The minimum atomic E-state index is 0.385. The Morgan fingerprint density at radius 3 is 1.61 bits per heavy atom. The van der Waals surface area contributed by atoms with Crippen molar-refractivity contribution in [2.45, 2.75) is 0 Å². The van der Waals surface area contributed by atoms with Crippen molar-refractivity contribution in [1.29, 1.82) is 10.5 Å². The van der Waals surface area contributed by atoms with E-state index in [2.05, 4.69) is 54.6 Å². The zero-order chi connectivity index (χ0) is 22.1. The Morgan fingerprint density at radius 1 is 0.455 bits per heavy atom. The molecule has 0 saturated heterocycles. The molecule has 0 spiro atoms. The number of nitriles is 2. The van der Waals surface area contributed by atoms with E-state index in [-0.39, 0.29) is 0 Å². The number of benzene rings is 6. The molecule has 7 rings (SSSR count). The first-order valence-electron chi connectivity index (χ1n) is 10.7. The zero-order valence-electron chi connectivity index (χ0n) is 17.4. The van der Waals surface area contributed by atoms with Crippen molar-refractivity contribution in [2.24, 2.45) is 0 Å². The van der Waals surface area contributed by atoms with Crippen LogP contribution in [0.15, 0.2) is 89.3 Å². The Morgan fingerprint density at radius 2 is 0.970 bits per heavy atom. The minimum absolute atomic E-state index is 0.385. The molecule has 0 bridgehead atoms. The third kappa shape index (κ3) is 2.37. The molecule has 1 aromatic heterocycles. The predicted molar refractivity (Wildman–Crippen MR) is 133 cm³/mol. The summed E-state index contributed by atoms with van der Waals surface area (Å²) in [5.74, 6) is 0. The van der Waals surface area contributed by atoms with Crippen LogP contribution in [-0.2, 0) is 0 Å². The molecule has 3 heteroatoms. The standard InChI is InChI=1S/C30H14N2O/c31-15-19-11-24-22-9-17-5-1-2-6-18(17)10-23(22)26-13-28-21-7-3-4-8-29(21)33-30(28)14-27(26)25(24)12-20(19)16-32/h1-14H. The van der Waals surface area contributed by atoms with E-state index in [0.29, 0.717) is 11.1 Å². The number of furan rings is 1. The lowest BCUT2D eigenvalue weighted by Crippen LogP contribution is -1.89. The fourth-order valence-corrected chi connectivity index (χ4v) is 5.13. The summed E-state index contributed by atoms with van der Waals surface area (Å²) in [6.07, 6.45) is 0. The SMILES string of the molecule is N#Cc1cc2c(cc1C#N)c1cc3oc4ccccc4c3cc1c1cc3ccccc3cc21. The van der Waals surface area contributed by atoms with Gasteiger partial charge in [-0.15, -0.1) is 0 Å². The van der Waals surface area contributed by atoms with E-state index in [1.54, 1.807) is 0 Å². The van der Waals surface area contributed by atoms with Crippen molar-refractivity contribution in [3.8, 4) is 12.1 Å². The van der Waals surface area contributed by atoms with Crippen LogP contribution in [0.1, 0.15) is 11.1 Å². The summed E-state index contributed by atoms with van der Waals surface area (Å²) < 4.78 is 6.18. The van der Waals surface area contributed by atoms with Gasteiger partial charge in [-0.1, -0.05) is 42.5 Å². The monoisotopic (exact) mass is 418 g/mol. The van der Waals surface area contributed by atoms with Gasteiger partial charge in [0.15, 0.2) is 0 Å². The molecule has 0 amide bonds. The van der Waals surface area contributed by atoms with Crippen molar-refractivity contribution in [3.63, 3.8) is 0 Å². The quantitative estimate of drug-likeness (QED) is 0.185. The molecule has 3 nitrogen and oxygen atoms in total. The molecule has 33 heavy (non-hydrogen) atoms. The molecule has 0 atom stereocenters. The maximum atomic E-state index is 9.68. The van der Waals surface area contributed by atoms with Crippen molar-refractivity contribution in [1.82, 2.24) is 0 Å². The molecule has 0 aliphatic heterocycles. The van der Waals surface area contributed by atoms with Gasteiger partial charge in [0.2, 0.25) is 0 Å². The van der Waals surface area contributed by atoms with Gasteiger partial charge in [0.1, 0.15) is 23.3 Å². The summed E-state index contributed by atoms with van der Waals surface area (Å²) in [4.78, 5) is 0. The van der Waals surface area contributed by atoms with Crippen molar-refractivity contribution in [3.05, 3.63) is 96.1 Å². The van der Waals surface area contributed by atoms with Gasteiger partial charge in [-0.25, -0.2) is 0 Å². The molecule has 0 saturated carbocycles. The fourth-order valence-electron chi connectivity index (χ4n) is 5.13. The summed E-state index contributed by atoms with van der Waals surface area (Å²) >= 11 is 0. The van der Waals surface area contributed by atoms with E-state index < -0.39 is 0 Å². The summed E-state index contributed by atoms with van der Waals surface area (Å²) in [6, 6.07) is 33.2. The molecular weight excluding hydrogens is 404 g/mol. The first kappa shape index (κ1) is 17.8. The van der Waals surface area contributed by atoms with Crippen LogP contribution in [0.3, 0.4) is 0 Å². The largest absolute Gasteiger partial charge is 0.456 e. The lowest BCUT2D eigenvalue weighted by atomic mass is 9.89. The van der Waals surface area contributed by atoms with E-state index in [0.717, 1.165) is 65.0 Å². The van der Waals surface area contributed by atoms with Crippen molar-refractivity contribution in [2.75, 3.05) is 0 Å². The summed E-state index contributed by atoms with van der Waals surface area (Å²) in [6.45, 7) is 0. The number of fused-ring (bicyclic) bond motifs is 10. The van der Waals surface area contributed by atoms with Gasteiger partial charge in [-0.3, -0.25) is 0 Å². The first-order chi connectivity index (χ1) is 16.2. The molecule has 7 aromatic rings. The van der Waals surface area contributed by atoms with Gasteiger partial charge in [0.25, 0.3) is 0 Å². The molecular formula is C30H14N2O. The van der Waals surface area contributed by atoms with Gasteiger partial charge >= 0.3 is 0 Å². The highest BCUT2D eigenvalue weighted by Crippen LogP contribution is 2.41. The van der Waals surface area contributed by atoms with Crippen LogP contribution in [0.5, 0.6) is 0 Å². The van der Waals surface area contributed by atoms with Crippen LogP contribution in [0, 0.1) is 22.7 Å². The van der Waals surface area contributed by atoms with E-state index in [1.165, 1.54) is 0 Å². The smallest absolute Gasteiger partial charge is 0.136 e. The molecule has 0 N–H and O–H groups in total. The highest BCUT2D eigenvalue weighted by molar-refractivity contribution is 6.30. The molecule has 0 aliphatic rings. The normalized spacial score (nSPS) is 11.6. The van der Waals surface area contributed by atoms with Crippen LogP contribution >= 0.6 is 0 Å². The van der Waals surface area contributed by atoms with Crippen molar-refractivity contribution < 1.29 is 4.42 Å². The predicted octanol–water partition coefficient (Wildman–Crippen LogP) is 7.94. The Hall–Kier alpha value is -4.86. The lowest BCUT2D eigenvalue weighted by molar-refractivity contribution is 0.669. The van der Waals surface area contributed by atoms with Gasteiger partial charge in [-0.05, 0) is 85.6 Å². The topological polar surface area (TPSA) is 60.7 Å². The fraction of sp³-hybridized carbons (Fsp3) is 0. The van der Waals surface area contributed by atoms with Crippen LogP contribution in [0.25, 0.3) is 65.0 Å². The number of hydrogen-bond donors (Lipinski definition) is 0. The van der Waals surface area contributed by atoms with E-state index in [9.17, 15) is 10.5 Å². The summed E-state index contributed by atoms with van der Waals surface area (Å²) in [5, 5.41) is 30.0. The van der Waals surface area contributed by atoms with Crippen LogP contribution in [0.2, 0.25) is 0 Å². The Labute approximate surface area is 188 Å². The van der Waals surface area contributed by atoms with E-state index >= 15 is 0 Å². The number of nitrogens with zero attached hydrogens (tertiary/aromatic N) is 2. The Kier molecular flexibility index (Phi) is 3.41. The number of rotatable bonds is 0. The maximum absolute atomic E-state index is 9.68. The van der Waals surface area contributed by atoms with Crippen LogP contribution < -0.4 is 0 Å². The molecule has 0 fully saturated rings. The van der Waals surface area contributed by atoms with E-state index in [4.69, 9.17) is 4.42 Å². The van der Waals surface area contributed by atoms with Gasteiger partial charge < -0.3 is 4.42 Å². The van der Waals surface area contributed by atoms with Crippen molar-refractivity contribution >= 4 is 65.0 Å². The maximum Gasteiger partial charge on any atom is 0.136 e. The second-order valence-electron chi connectivity index (χ2n) is 8.40. The summed E-state index contributed by atoms with van der Waals surface area (Å²) in [7, 11) is 0. The minimum Gasteiger partial charge on any atom is -0.456 e. The van der Waals surface area contributed by atoms with Gasteiger partial charge in [-0.2, -0.15) is 10.5 Å². The Bertz CT molecular complexity index is 2050. The number of hydrogen-bond acceptors (Lipinski definition) is 3. The zero-order valence-corrected chi connectivity index (χ0v) is 17.4. The highest BCUT2D eigenvalue weighted by atomic mass is 16.3. The molecule has 1 heterocycles. The molecule has 0 unspecified atom stereocenters. The second-order valence-corrected chi connectivity index (χ2v) is 8.40. The lowest BCUT2D eigenvalue weighted by Gasteiger charge is -2.13. The van der Waals surface area contributed by atoms with Gasteiger partial charge in [0.05, 0.1) is 11.1 Å². The first-order valence-corrected chi connectivity index (χ1v) is 10.7.